The summed E-state index contributed by atoms with van der Waals surface area (Å²) in [6.07, 6.45) is 0.102. The molecule has 1 atom stereocenters. The van der Waals surface area contributed by atoms with Crippen LogP contribution in [0, 0.1) is 18.7 Å². The number of primary amides is 1. The Hall–Kier alpha value is -1.91. The van der Waals surface area contributed by atoms with Crippen LogP contribution in [0.5, 0.6) is 0 Å². The van der Waals surface area contributed by atoms with Gasteiger partial charge in [0.05, 0.1) is 5.92 Å². The zero-order valence-electron chi connectivity index (χ0n) is 9.44. The number of aryl methyl sites for hydroxylation is 1. The standard InChI is InChI=1S/C12H13FN2O2/c1-7-2-3-9(5-10(7)13)15-6-8(12(14)17)4-11(15)16/h2-3,5,8H,4,6H2,1H3,(H2,14,17). The molecule has 1 aliphatic rings. The first kappa shape index (κ1) is 11.6. The maximum Gasteiger partial charge on any atom is 0.227 e. The molecule has 1 saturated heterocycles. The number of carbonyl (C=O) groups excluding carboxylic acids is 2. The molecule has 0 aromatic heterocycles. The fraction of sp³-hybridized carbons (Fsp3) is 0.333. The van der Waals surface area contributed by atoms with Gasteiger partial charge in [0, 0.05) is 18.7 Å². The molecular formula is C12H13FN2O2. The lowest BCUT2D eigenvalue weighted by Gasteiger charge is -2.16. The zero-order valence-corrected chi connectivity index (χ0v) is 9.44. The lowest BCUT2D eigenvalue weighted by Crippen LogP contribution is -2.28. The molecule has 2 N–H and O–H groups in total. The third kappa shape index (κ3) is 2.13. The predicted octanol–water partition coefficient (Wildman–Crippen LogP) is 0.972. The molecule has 1 aliphatic heterocycles. The Morgan fingerprint density at radius 3 is 2.76 bits per heavy atom. The number of benzene rings is 1. The summed E-state index contributed by atoms with van der Waals surface area (Å²) in [5.74, 6) is -1.53. The molecule has 0 saturated carbocycles. The molecule has 5 heteroatoms. The van der Waals surface area contributed by atoms with Gasteiger partial charge >= 0.3 is 0 Å². The van der Waals surface area contributed by atoms with Gasteiger partial charge in [-0.1, -0.05) is 6.07 Å². The number of nitrogens with two attached hydrogens (primary N) is 1. The molecule has 0 radical (unpaired) electrons. The number of hydrogen-bond acceptors (Lipinski definition) is 2. The van der Waals surface area contributed by atoms with Crippen LogP contribution in [0.1, 0.15) is 12.0 Å². The minimum Gasteiger partial charge on any atom is -0.369 e. The quantitative estimate of drug-likeness (QED) is 0.831. The molecule has 1 aromatic rings. The molecule has 4 nitrogen and oxygen atoms in total. The average Bonchev–Trinajstić information content (AvgIpc) is 2.65. The third-order valence-corrected chi connectivity index (χ3v) is 2.99. The largest absolute Gasteiger partial charge is 0.369 e. The van der Waals surface area contributed by atoms with E-state index in [-0.39, 0.29) is 24.7 Å². The molecular weight excluding hydrogens is 223 g/mol. The van der Waals surface area contributed by atoms with Crippen LogP contribution in [0.25, 0.3) is 0 Å². The van der Waals surface area contributed by atoms with Crippen molar-refractivity contribution in [1.29, 1.82) is 0 Å². The molecule has 1 aromatic carbocycles. The summed E-state index contributed by atoms with van der Waals surface area (Å²) >= 11 is 0. The van der Waals surface area contributed by atoms with E-state index in [4.69, 9.17) is 5.73 Å². The summed E-state index contributed by atoms with van der Waals surface area (Å²) in [6.45, 7) is 1.88. The maximum absolute atomic E-state index is 13.4. The highest BCUT2D eigenvalue weighted by molar-refractivity contribution is 6.00. The van der Waals surface area contributed by atoms with E-state index in [1.807, 2.05) is 0 Å². The van der Waals surface area contributed by atoms with Crippen LogP contribution in [0.2, 0.25) is 0 Å². The van der Waals surface area contributed by atoms with Gasteiger partial charge in [-0.25, -0.2) is 4.39 Å². The van der Waals surface area contributed by atoms with Gasteiger partial charge in [-0.3, -0.25) is 9.59 Å². The van der Waals surface area contributed by atoms with Crippen LogP contribution in [0.15, 0.2) is 18.2 Å². The second-order valence-corrected chi connectivity index (χ2v) is 4.24. The van der Waals surface area contributed by atoms with Gasteiger partial charge in [-0.05, 0) is 24.6 Å². The van der Waals surface area contributed by atoms with Gasteiger partial charge < -0.3 is 10.6 Å². The second kappa shape index (κ2) is 4.16. The van der Waals surface area contributed by atoms with E-state index in [1.165, 1.54) is 11.0 Å². The Morgan fingerprint density at radius 2 is 2.24 bits per heavy atom. The topological polar surface area (TPSA) is 63.4 Å². The highest BCUT2D eigenvalue weighted by Crippen LogP contribution is 2.26. The molecule has 2 rings (SSSR count). The highest BCUT2D eigenvalue weighted by atomic mass is 19.1. The minimum absolute atomic E-state index is 0.102. The van der Waals surface area contributed by atoms with Gasteiger partial charge in [0.1, 0.15) is 5.82 Å². The molecule has 0 bridgehead atoms. The summed E-state index contributed by atoms with van der Waals surface area (Å²) in [5.41, 5.74) is 6.16. The average molecular weight is 236 g/mol. The Bertz CT molecular complexity index is 487. The van der Waals surface area contributed by atoms with Crippen LogP contribution in [0.3, 0.4) is 0 Å². The molecule has 1 fully saturated rings. The van der Waals surface area contributed by atoms with Gasteiger partial charge in [0.15, 0.2) is 0 Å². The summed E-state index contributed by atoms with van der Waals surface area (Å²) in [5, 5.41) is 0. The van der Waals surface area contributed by atoms with Crippen LogP contribution in [-0.4, -0.2) is 18.4 Å². The molecule has 0 spiro atoms. The fourth-order valence-corrected chi connectivity index (χ4v) is 1.90. The number of hydrogen-bond donors (Lipinski definition) is 1. The maximum atomic E-state index is 13.4. The lowest BCUT2D eigenvalue weighted by molar-refractivity contribution is -0.123. The summed E-state index contributed by atoms with van der Waals surface area (Å²) in [4.78, 5) is 24.1. The first-order valence-corrected chi connectivity index (χ1v) is 5.35. The van der Waals surface area contributed by atoms with E-state index in [0.717, 1.165) is 0 Å². The molecule has 90 valence electrons. The summed E-state index contributed by atoms with van der Waals surface area (Å²) < 4.78 is 13.4. The molecule has 1 unspecified atom stereocenters. The van der Waals surface area contributed by atoms with Crippen LogP contribution < -0.4 is 10.6 Å². The van der Waals surface area contributed by atoms with Crippen LogP contribution in [-0.2, 0) is 9.59 Å². The SMILES string of the molecule is Cc1ccc(N2CC(C(N)=O)CC2=O)cc1F. The summed E-state index contributed by atoms with van der Waals surface area (Å²) in [6, 6.07) is 4.58. The zero-order chi connectivity index (χ0) is 12.6. The minimum atomic E-state index is -0.492. The lowest BCUT2D eigenvalue weighted by atomic mass is 10.1. The van der Waals surface area contributed by atoms with Crippen molar-refractivity contribution in [1.82, 2.24) is 0 Å². The Kier molecular flexibility index (Phi) is 2.83. The van der Waals surface area contributed by atoms with E-state index >= 15 is 0 Å². The van der Waals surface area contributed by atoms with E-state index in [9.17, 15) is 14.0 Å². The van der Waals surface area contributed by atoms with E-state index in [2.05, 4.69) is 0 Å². The number of rotatable bonds is 2. The van der Waals surface area contributed by atoms with Crippen molar-refractivity contribution in [3.63, 3.8) is 0 Å². The number of anilines is 1. The van der Waals surface area contributed by atoms with Crippen LogP contribution >= 0.6 is 0 Å². The van der Waals surface area contributed by atoms with Crippen molar-refractivity contribution in [3.8, 4) is 0 Å². The van der Waals surface area contributed by atoms with Crippen molar-refractivity contribution in [2.75, 3.05) is 11.4 Å². The van der Waals surface area contributed by atoms with Crippen molar-refractivity contribution in [2.24, 2.45) is 11.7 Å². The van der Waals surface area contributed by atoms with Gasteiger partial charge in [-0.15, -0.1) is 0 Å². The monoisotopic (exact) mass is 236 g/mol. The molecule has 1 heterocycles. The van der Waals surface area contributed by atoms with E-state index in [1.54, 1.807) is 19.1 Å². The molecule has 2 amide bonds. The van der Waals surface area contributed by atoms with Gasteiger partial charge in [0.2, 0.25) is 11.8 Å². The number of halogens is 1. The van der Waals surface area contributed by atoms with Crippen LogP contribution in [0.4, 0.5) is 10.1 Å². The Morgan fingerprint density at radius 1 is 1.53 bits per heavy atom. The predicted molar refractivity (Wildman–Crippen MR) is 60.8 cm³/mol. The van der Waals surface area contributed by atoms with E-state index < -0.39 is 11.8 Å². The Labute approximate surface area is 98.2 Å². The first-order chi connectivity index (χ1) is 7.99. The highest BCUT2D eigenvalue weighted by Gasteiger charge is 2.33. The molecule has 17 heavy (non-hydrogen) atoms. The molecule has 0 aliphatic carbocycles. The summed E-state index contributed by atoms with van der Waals surface area (Å²) in [7, 11) is 0. The third-order valence-electron chi connectivity index (χ3n) is 2.99. The number of amides is 2. The van der Waals surface area contributed by atoms with Gasteiger partial charge in [0.25, 0.3) is 0 Å². The van der Waals surface area contributed by atoms with Crippen molar-refractivity contribution < 1.29 is 14.0 Å². The number of nitrogens with zero attached hydrogens (tertiary/aromatic N) is 1. The normalized spacial score (nSPS) is 19.8. The Balaban J connectivity index is 2.26. The van der Waals surface area contributed by atoms with Gasteiger partial charge in [-0.2, -0.15) is 0 Å². The fourth-order valence-electron chi connectivity index (χ4n) is 1.90. The second-order valence-electron chi connectivity index (χ2n) is 4.24. The van der Waals surface area contributed by atoms with Crippen molar-refractivity contribution in [2.45, 2.75) is 13.3 Å². The first-order valence-electron chi connectivity index (χ1n) is 5.35. The smallest absolute Gasteiger partial charge is 0.227 e. The van der Waals surface area contributed by atoms with Crippen molar-refractivity contribution >= 4 is 17.5 Å². The number of carbonyl (C=O) groups is 2. The van der Waals surface area contributed by atoms with Crippen molar-refractivity contribution in [3.05, 3.63) is 29.6 Å². The van der Waals surface area contributed by atoms with E-state index in [0.29, 0.717) is 11.3 Å².